The van der Waals surface area contributed by atoms with Crippen LogP contribution in [-0.2, 0) is 21.0 Å². The van der Waals surface area contributed by atoms with Crippen LogP contribution in [0.25, 0.3) is 0 Å². The van der Waals surface area contributed by atoms with Crippen LogP contribution in [0.1, 0.15) is 5.56 Å². The number of amides is 1. The molecule has 0 saturated carbocycles. The van der Waals surface area contributed by atoms with E-state index >= 15 is 0 Å². The number of halogens is 5. The molecule has 0 unspecified atom stereocenters. The van der Waals surface area contributed by atoms with Crippen molar-refractivity contribution >= 4 is 33.2 Å². The first-order valence-electron chi connectivity index (χ1n) is 6.91. The fourth-order valence-corrected chi connectivity index (χ4v) is 3.14. The summed E-state index contributed by atoms with van der Waals surface area (Å²) in [4.78, 5) is 11.0. The van der Waals surface area contributed by atoms with Crippen molar-refractivity contribution in [2.24, 2.45) is 0 Å². The molecule has 0 aliphatic carbocycles. The van der Waals surface area contributed by atoms with E-state index in [0.717, 1.165) is 24.3 Å². The molecule has 2 aromatic rings. The molecular weight excluding hydrogens is 400 g/mol. The van der Waals surface area contributed by atoms with E-state index in [4.69, 9.17) is 11.6 Å². The average Bonchev–Trinajstić information content (AvgIpc) is 2.52. The summed E-state index contributed by atoms with van der Waals surface area (Å²) >= 11 is 5.43. The summed E-state index contributed by atoms with van der Waals surface area (Å²) in [6.07, 6.45) is -4.84. The fraction of sp³-hybridized carbons (Fsp3) is 0.133. The van der Waals surface area contributed by atoms with Gasteiger partial charge in [0.25, 0.3) is 0 Å². The Kier molecular flexibility index (Phi) is 5.89. The smallest absolute Gasteiger partial charge is 0.325 e. The Hall–Kier alpha value is -2.17. The van der Waals surface area contributed by atoms with Crippen molar-refractivity contribution in [3.8, 4) is 0 Å². The predicted molar refractivity (Wildman–Crippen MR) is 86.7 cm³/mol. The van der Waals surface area contributed by atoms with E-state index in [2.05, 4.69) is 5.32 Å². The van der Waals surface area contributed by atoms with Crippen LogP contribution in [0.15, 0.2) is 47.4 Å². The number of benzene rings is 2. The summed E-state index contributed by atoms with van der Waals surface area (Å²) in [5.74, 6) is -1.44. The van der Waals surface area contributed by atoms with Crippen LogP contribution in [0.5, 0.6) is 0 Å². The zero-order chi connectivity index (χ0) is 19.5. The summed E-state index contributed by atoms with van der Waals surface area (Å²) in [5, 5.41) is 1.59. The van der Waals surface area contributed by atoms with Gasteiger partial charge in [0.15, 0.2) is 0 Å². The number of carbonyl (C=O) groups is 1. The maximum atomic E-state index is 13.0. The summed E-state index contributed by atoms with van der Waals surface area (Å²) in [7, 11) is -4.40. The minimum absolute atomic E-state index is 0.0973. The van der Waals surface area contributed by atoms with E-state index in [0.29, 0.717) is 6.07 Å². The van der Waals surface area contributed by atoms with Crippen LogP contribution >= 0.6 is 11.6 Å². The molecule has 0 heterocycles. The Labute approximate surface area is 151 Å². The molecule has 0 aliphatic rings. The molecule has 2 aromatic carbocycles. The summed E-state index contributed by atoms with van der Waals surface area (Å²) in [6, 6.07) is 6.93. The number of rotatable bonds is 5. The molecule has 0 radical (unpaired) electrons. The molecule has 26 heavy (non-hydrogen) atoms. The topological polar surface area (TPSA) is 75.3 Å². The Morgan fingerprint density at radius 1 is 1.12 bits per heavy atom. The normalized spacial score (nSPS) is 12.0. The second-order valence-corrected chi connectivity index (χ2v) is 7.20. The quantitative estimate of drug-likeness (QED) is 0.742. The molecule has 11 heteroatoms. The first kappa shape index (κ1) is 20.1. The Morgan fingerprint density at radius 2 is 1.81 bits per heavy atom. The molecule has 0 aliphatic heterocycles. The van der Waals surface area contributed by atoms with Gasteiger partial charge in [0.2, 0.25) is 15.9 Å². The van der Waals surface area contributed by atoms with Gasteiger partial charge in [0, 0.05) is 5.69 Å². The maximum absolute atomic E-state index is 13.0. The lowest BCUT2D eigenvalue weighted by atomic mass is 10.2. The van der Waals surface area contributed by atoms with Crippen LogP contribution in [0.4, 0.5) is 23.2 Å². The SMILES string of the molecule is O=C(CNS(=O)(=O)c1ccc(Cl)c(C(F)(F)F)c1)Nc1cccc(F)c1. The van der Waals surface area contributed by atoms with Crippen molar-refractivity contribution in [3.05, 3.63) is 58.9 Å². The Bertz CT molecular complexity index is 933. The molecule has 2 N–H and O–H groups in total. The molecule has 0 atom stereocenters. The van der Waals surface area contributed by atoms with E-state index in [-0.39, 0.29) is 5.69 Å². The van der Waals surface area contributed by atoms with Crippen LogP contribution < -0.4 is 10.0 Å². The van der Waals surface area contributed by atoms with Crippen LogP contribution in [-0.4, -0.2) is 20.9 Å². The molecule has 1 amide bonds. The summed E-state index contributed by atoms with van der Waals surface area (Å²) < 4.78 is 77.5. The van der Waals surface area contributed by atoms with Crippen molar-refractivity contribution in [1.29, 1.82) is 0 Å². The molecule has 0 spiro atoms. The van der Waals surface area contributed by atoms with Crippen molar-refractivity contribution in [2.45, 2.75) is 11.1 Å². The van der Waals surface area contributed by atoms with Gasteiger partial charge in [0.1, 0.15) is 5.82 Å². The van der Waals surface area contributed by atoms with E-state index < -0.39 is 50.0 Å². The number of anilines is 1. The molecule has 140 valence electrons. The zero-order valence-electron chi connectivity index (χ0n) is 12.8. The minimum atomic E-state index is -4.84. The monoisotopic (exact) mass is 410 g/mol. The first-order chi connectivity index (χ1) is 12.0. The summed E-state index contributed by atoms with van der Waals surface area (Å²) in [5.41, 5.74) is -1.22. The second kappa shape index (κ2) is 7.60. The third-order valence-corrected chi connectivity index (χ3v) is 4.81. The van der Waals surface area contributed by atoms with E-state index in [1.54, 1.807) is 0 Å². The van der Waals surface area contributed by atoms with Crippen LogP contribution in [0.2, 0.25) is 5.02 Å². The fourth-order valence-electron chi connectivity index (χ4n) is 1.90. The summed E-state index contributed by atoms with van der Waals surface area (Å²) in [6.45, 7) is -0.761. The van der Waals surface area contributed by atoms with Gasteiger partial charge < -0.3 is 5.32 Å². The van der Waals surface area contributed by atoms with Crippen LogP contribution in [0, 0.1) is 5.82 Å². The molecular formula is C15H11ClF4N2O3S. The third kappa shape index (κ3) is 5.16. The number of carbonyl (C=O) groups excluding carboxylic acids is 1. The van der Waals surface area contributed by atoms with E-state index in [1.165, 1.54) is 12.1 Å². The van der Waals surface area contributed by atoms with Crippen molar-refractivity contribution < 1.29 is 30.8 Å². The van der Waals surface area contributed by atoms with Crippen molar-refractivity contribution in [2.75, 3.05) is 11.9 Å². The van der Waals surface area contributed by atoms with Gasteiger partial charge in [-0.1, -0.05) is 17.7 Å². The van der Waals surface area contributed by atoms with Gasteiger partial charge in [-0.3, -0.25) is 4.79 Å². The molecule has 0 fully saturated rings. The highest BCUT2D eigenvalue weighted by atomic mass is 35.5. The lowest BCUT2D eigenvalue weighted by molar-refractivity contribution is -0.137. The maximum Gasteiger partial charge on any atom is 0.417 e. The Morgan fingerprint density at radius 3 is 2.42 bits per heavy atom. The minimum Gasteiger partial charge on any atom is -0.325 e. The molecule has 0 bridgehead atoms. The van der Waals surface area contributed by atoms with Gasteiger partial charge in [-0.25, -0.2) is 17.5 Å². The highest BCUT2D eigenvalue weighted by Crippen LogP contribution is 2.35. The number of sulfonamides is 1. The van der Waals surface area contributed by atoms with Gasteiger partial charge in [-0.2, -0.15) is 13.2 Å². The molecule has 2 rings (SSSR count). The second-order valence-electron chi connectivity index (χ2n) is 5.02. The van der Waals surface area contributed by atoms with Crippen molar-refractivity contribution in [3.63, 3.8) is 0 Å². The predicted octanol–water partition coefficient (Wildman–Crippen LogP) is 3.41. The molecule has 0 aromatic heterocycles. The number of alkyl halides is 3. The number of hydrogen-bond donors (Lipinski definition) is 2. The van der Waals surface area contributed by atoms with Crippen molar-refractivity contribution in [1.82, 2.24) is 4.72 Å². The average molecular weight is 411 g/mol. The lowest BCUT2D eigenvalue weighted by Crippen LogP contribution is -2.33. The van der Waals surface area contributed by atoms with E-state index in [1.807, 2.05) is 4.72 Å². The molecule has 0 saturated heterocycles. The van der Waals surface area contributed by atoms with Gasteiger partial charge in [-0.15, -0.1) is 0 Å². The zero-order valence-corrected chi connectivity index (χ0v) is 14.3. The lowest BCUT2D eigenvalue weighted by Gasteiger charge is -2.12. The van der Waals surface area contributed by atoms with Gasteiger partial charge in [0.05, 0.1) is 22.0 Å². The number of nitrogens with one attached hydrogen (secondary N) is 2. The van der Waals surface area contributed by atoms with E-state index in [9.17, 15) is 30.8 Å². The first-order valence-corrected chi connectivity index (χ1v) is 8.77. The van der Waals surface area contributed by atoms with Crippen LogP contribution in [0.3, 0.4) is 0 Å². The van der Waals surface area contributed by atoms with Gasteiger partial charge >= 0.3 is 6.18 Å². The Balaban J connectivity index is 2.10. The third-order valence-electron chi connectivity index (χ3n) is 3.08. The highest BCUT2D eigenvalue weighted by Gasteiger charge is 2.34. The largest absolute Gasteiger partial charge is 0.417 e. The van der Waals surface area contributed by atoms with Gasteiger partial charge in [-0.05, 0) is 36.4 Å². The molecule has 5 nitrogen and oxygen atoms in total. The highest BCUT2D eigenvalue weighted by molar-refractivity contribution is 7.89. The standard InChI is InChI=1S/C15H11ClF4N2O3S/c16-13-5-4-11(7-12(13)15(18,19)20)26(24,25)21-8-14(23)22-10-3-1-2-9(17)6-10/h1-7,21H,8H2,(H,22,23). The number of hydrogen-bond acceptors (Lipinski definition) is 3.